The molecule has 8 nitrogen and oxygen atoms in total. The third kappa shape index (κ3) is 3.26. The van der Waals surface area contributed by atoms with Gasteiger partial charge in [-0.25, -0.2) is 15.0 Å². The second kappa shape index (κ2) is 7.67. The SMILES string of the molecule is Nc1ncnc2c1nc(C#Cc1ccc3c(c1)Cc1ccccc1-3)n2[C@H]1C[C@H](O)[C@@H](CO)O1. The molecule has 8 heteroatoms. The highest BCUT2D eigenvalue weighted by Gasteiger charge is 2.36. The van der Waals surface area contributed by atoms with Crippen molar-refractivity contribution in [3.63, 3.8) is 0 Å². The number of nitrogens with zero attached hydrogens (tertiary/aromatic N) is 4. The summed E-state index contributed by atoms with van der Waals surface area (Å²) in [6.45, 7) is -0.278. The summed E-state index contributed by atoms with van der Waals surface area (Å²) in [5.41, 5.74) is 12.9. The highest BCUT2D eigenvalue weighted by molar-refractivity contribution is 5.82. The van der Waals surface area contributed by atoms with Crippen LogP contribution in [0.2, 0.25) is 0 Å². The zero-order chi connectivity index (χ0) is 22.5. The lowest BCUT2D eigenvalue weighted by Gasteiger charge is -2.14. The van der Waals surface area contributed by atoms with Crippen molar-refractivity contribution in [1.82, 2.24) is 19.5 Å². The maximum absolute atomic E-state index is 10.2. The van der Waals surface area contributed by atoms with Gasteiger partial charge in [-0.1, -0.05) is 36.3 Å². The van der Waals surface area contributed by atoms with Gasteiger partial charge in [0.15, 0.2) is 22.8 Å². The third-order valence-corrected chi connectivity index (χ3v) is 6.29. The van der Waals surface area contributed by atoms with E-state index in [4.69, 9.17) is 10.5 Å². The van der Waals surface area contributed by atoms with Crippen LogP contribution in [0.3, 0.4) is 0 Å². The molecule has 2 aromatic heterocycles. The van der Waals surface area contributed by atoms with E-state index < -0.39 is 18.4 Å². The zero-order valence-electron chi connectivity index (χ0n) is 17.6. The Morgan fingerprint density at radius 2 is 1.94 bits per heavy atom. The van der Waals surface area contributed by atoms with E-state index >= 15 is 0 Å². The Morgan fingerprint density at radius 1 is 1.09 bits per heavy atom. The van der Waals surface area contributed by atoms with Gasteiger partial charge in [-0.05, 0) is 46.7 Å². The number of aromatic nitrogens is 4. The van der Waals surface area contributed by atoms with Gasteiger partial charge in [-0.3, -0.25) is 4.57 Å². The average molecular weight is 439 g/mol. The quantitative estimate of drug-likeness (QED) is 0.360. The van der Waals surface area contributed by atoms with E-state index in [1.54, 1.807) is 4.57 Å². The number of anilines is 1. The number of nitrogen functional groups attached to an aromatic ring is 1. The number of hydrogen-bond donors (Lipinski definition) is 3. The fraction of sp³-hybridized carbons (Fsp3) is 0.240. The van der Waals surface area contributed by atoms with Crippen LogP contribution in [0.4, 0.5) is 5.82 Å². The number of aliphatic hydroxyl groups excluding tert-OH is 2. The van der Waals surface area contributed by atoms with E-state index in [2.05, 4.69) is 63.2 Å². The highest BCUT2D eigenvalue weighted by atomic mass is 16.5. The van der Waals surface area contributed by atoms with Gasteiger partial charge < -0.3 is 20.7 Å². The fourth-order valence-corrected chi connectivity index (χ4v) is 4.68. The summed E-state index contributed by atoms with van der Waals surface area (Å²) in [6.07, 6.45) is 0.492. The summed E-state index contributed by atoms with van der Waals surface area (Å²) in [6, 6.07) is 14.7. The second-order valence-corrected chi connectivity index (χ2v) is 8.31. The van der Waals surface area contributed by atoms with Crippen LogP contribution in [0.5, 0.6) is 0 Å². The predicted molar refractivity (Wildman–Crippen MR) is 122 cm³/mol. The number of rotatable bonds is 2. The molecule has 1 fully saturated rings. The van der Waals surface area contributed by atoms with E-state index in [1.807, 2.05) is 6.07 Å². The van der Waals surface area contributed by atoms with Crippen molar-refractivity contribution < 1.29 is 14.9 Å². The number of fused-ring (bicyclic) bond motifs is 4. The van der Waals surface area contributed by atoms with Crippen LogP contribution < -0.4 is 5.73 Å². The molecule has 4 N–H and O–H groups in total. The Labute approximate surface area is 189 Å². The molecule has 0 bridgehead atoms. The third-order valence-electron chi connectivity index (χ3n) is 6.29. The number of hydrogen-bond acceptors (Lipinski definition) is 7. The van der Waals surface area contributed by atoms with Gasteiger partial charge in [0.05, 0.1) is 12.7 Å². The standard InChI is InChI=1S/C25H21N5O3/c26-24-23-25(28-13-27-24)30(22-11-19(32)20(12-31)33-22)21(29-23)8-6-14-5-7-18-16(9-14)10-15-3-1-2-4-17(15)18/h1-5,7,9,13,19-20,22,31-32H,10-12H2,(H2,26,27,28)/t19-,20+,22+/m0/s1. The summed E-state index contributed by atoms with van der Waals surface area (Å²) < 4.78 is 7.58. The molecule has 33 heavy (non-hydrogen) atoms. The lowest BCUT2D eigenvalue weighted by molar-refractivity contribution is -0.0434. The normalized spacial score (nSPS) is 21.0. The van der Waals surface area contributed by atoms with E-state index in [9.17, 15) is 10.2 Å². The Morgan fingerprint density at radius 3 is 2.79 bits per heavy atom. The molecule has 164 valence electrons. The van der Waals surface area contributed by atoms with Gasteiger partial charge in [-0.15, -0.1) is 0 Å². The molecule has 0 saturated carbocycles. The van der Waals surface area contributed by atoms with Gasteiger partial charge in [0.2, 0.25) is 0 Å². The molecule has 6 rings (SSSR count). The van der Waals surface area contributed by atoms with Crippen LogP contribution in [-0.2, 0) is 11.2 Å². The molecule has 0 radical (unpaired) electrons. The van der Waals surface area contributed by atoms with Crippen molar-refractivity contribution in [3.8, 4) is 23.0 Å². The molecule has 4 aromatic rings. The first-order valence-corrected chi connectivity index (χ1v) is 10.8. The molecule has 2 aromatic carbocycles. The first-order valence-electron chi connectivity index (χ1n) is 10.8. The molecule has 1 saturated heterocycles. The Bertz CT molecular complexity index is 1450. The summed E-state index contributed by atoms with van der Waals surface area (Å²) in [5.74, 6) is 7.00. The number of nitrogens with two attached hydrogens (primary N) is 1. The largest absolute Gasteiger partial charge is 0.394 e. The second-order valence-electron chi connectivity index (χ2n) is 8.31. The van der Waals surface area contributed by atoms with Crippen LogP contribution in [-0.4, -0.2) is 48.5 Å². The minimum atomic E-state index is -0.796. The van der Waals surface area contributed by atoms with Crippen molar-refractivity contribution >= 4 is 17.0 Å². The van der Waals surface area contributed by atoms with Gasteiger partial charge in [0.25, 0.3) is 0 Å². The lowest BCUT2D eigenvalue weighted by atomic mass is 10.0. The maximum Gasteiger partial charge on any atom is 0.190 e. The van der Waals surface area contributed by atoms with Crippen molar-refractivity contribution in [2.45, 2.75) is 31.3 Å². The molecule has 0 amide bonds. The average Bonchev–Trinajstić information content (AvgIpc) is 3.50. The van der Waals surface area contributed by atoms with Crippen molar-refractivity contribution in [2.24, 2.45) is 0 Å². The predicted octanol–water partition coefficient (Wildman–Crippen LogP) is 2.02. The number of ether oxygens (including phenoxy) is 1. The highest BCUT2D eigenvalue weighted by Crippen LogP contribution is 2.37. The molecular formula is C25H21N5O3. The summed E-state index contributed by atoms with van der Waals surface area (Å²) in [4.78, 5) is 12.9. The topological polar surface area (TPSA) is 119 Å². The molecule has 1 aliphatic heterocycles. The first-order chi connectivity index (χ1) is 16.1. The molecule has 0 spiro atoms. The monoisotopic (exact) mass is 439 g/mol. The first kappa shape index (κ1) is 19.9. The number of benzene rings is 2. The number of aliphatic hydroxyl groups is 2. The number of imidazole rings is 1. The summed E-state index contributed by atoms with van der Waals surface area (Å²) in [7, 11) is 0. The van der Waals surface area contributed by atoms with Gasteiger partial charge in [-0.2, -0.15) is 0 Å². The molecular weight excluding hydrogens is 418 g/mol. The fourth-order valence-electron chi connectivity index (χ4n) is 4.68. The Kier molecular flexibility index (Phi) is 4.62. The van der Waals surface area contributed by atoms with Crippen LogP contribution >= 0.6 is 0 Å². The Balaban J connectivity index is 1.40. The summed E-state index contributed by atoms with van der Waals surface area (Å²) in [5, 5.41) is 19.7. The van der Waals surface area contributed by atoms with E-state index in [0.29, 0.717) is 17.0 Å². The van der Waals surface area contributed by atoms with Crippen LogP contribution in [0, 0.1) is 11.8 Å². The summed E-state index contributed by atoms with van der Waals surface area (Å²) >= 11 is 0. The van der Waals surface area contributed by atoms with Crippen molar-refractivity contribution in [2.75, 3.05) is 12.3 Å². The van der Waals surface area contributed by atoms with Crippen molar-refractivity contribution in [1.29, 1.82) is 0 Å². The minimum Gasteiger partial charge on any atom is -0.394 e. The van der Waals surface area contributed by atoms with Gasteiger partial charge in [0.1, 0.15) is 18.7 Å². The molecule has 1 aliphatic carbocycles. The minimum absolute atomic E-state index is 0.245. The molecule has 3 heterocycles. The lowest BCUT2D eigenvalue weighted by Crippen LogP contribution is -2.24. The van der Waals surface area contributed by atoms with Gasteiger partial charge in [0, 0.05) is 12.0 Å². The van der Waals surface area contributed by atoms with E-state index in [-0.39, 0.29) is 18.8 Å². The molecule has 3 atom stereocenters. The van der Waals surface area contributed by atoms with E-state index in [1.165, 1.54) is 28.6 Å². The van der Waals surface area contributed by atoms with Crippen LogP contribution in [0.1, 0.15) is 35.2 Å². The van der Waals surface area contributed by atoms with Crippen molar-refractivity contribution in [3.05, 3.63) is 71.3 Å². The van der Waals surface area contributed by atoms with Crippen LogP contribution in [0.15, 0.2) is 48.8 Å². The zero-order valence-corrected chi connectivity index (χ0v) is 17.6. The molecule has 0 unspecified atom stereocenters. The smallest absolute Gasteiger partial charge is 0.190 e. The Hall–Kier alpha value is -3.77. The maximum atomic E-state index is 10.2. The molecule has 2 aliphatic rings. The van der Waals surface area contributed by atoms with E-state index in [0.717, 1.165) is 12.0 Å². The van der Waals surface area contributed by atoms with Crippen LogP contribution in [0.25, 0.3) is 22.3 Å². The van der Waals surface area contributed by atoms with Gasteiger partial charge >= 0.3 is 0 Å².